The van der Waals surface area contributed by atoms with E-state index in [1.54, 1.807) is 7.05 Å². The Balaban J connectivity index is 2.07. The molecule has 23 heavy (non-hydrogen) atoms. The van der Waals surface area contributed by atoms with E-state index in [0.717, 1.165) is 5.56 Å². The lowest BCUT2D eigenvalue weighted by Crippen LogP contribution is -2.37. The molecule has 7 heteroatoms. The maximum Gasteiger partial charge on any atom is 0.237 e. The Bertz CT molecular complexity index is 766. The highest BCUT2D eigenvalue weighted by atomic mass is 32.2. The number of benzene rings is 1. The summed E-state index contributed by atoms with van der Waals surface area (Å²) >= 11 is 0. The second-order valence-corrected chi connectivity index (χ2v) is 7.68. The molecule has 0 saturated heterocycles. The van der Waals surface area contributed by atoms with Gasteiger partial charge in [0.15, 0.2) is 15.6 Å². The van der Waals surface area contributed by atoms with Gasteiger partial charge in [0.05, 0.1) is 6.20 Å². The molecule has 1 amide bonds. The van der Waals surface area contributed by atoms with Gasteiger partial charge in [0, 0.05) is 18.7 Å². The number of rotatable bonds is 6. The zero-order chi connectivity index (χ0) is 17.0. The summed E-state index contributed by atoms with van der Waals surface area (Å²) in [6.07, 6.45) is 1.49. The molecular weight excluding hydrogens is 316 g/mol. The first-order valence-corrected chi connectivity index (χ1v) is 9.07. The van der Waals surface area contributed by atoms with Gasteiger partial charge in [0.2, 0.25) is 11.8 Å². The Morgan fingerprint density at radius 3 is 2.52 bits per heavy atom. The average Bonchev–Trinajstić information content (AvgIpc) is 2.94. The van der Waals surface area contributed by atoms with Crippen LogP contribution >= 0.6 is 0 Å². The smallest absolute Gasteiger partial charge is 0.237 e. The highest BCUT2D eigenvalue weighted by Crippen LogP contribution is 2.20. The fourth-order valence-electron chi connectivity index (χ4n) is 1.93. The largest absolute Gasteiger partial charge is 0.440 e. The molecule has 0 atom stereocenters. The van der Waals surface area contributed by atoms with E-state index in [1.807, 2.05) is 44.2 Å². The van der Waals surface area contributed by atoms with Gasteiger partial charge in [0.25, 0.3) is 0 Å². The van der Waals surface area contributed by atoms with Crippen LogP contribution in [0.5, 0.6) is 0 Å². The fraction of sp³-hybridized carbons (Fsp3) is 0.375. The van der Waals surface area contributed by atoms with Gasteiger partial charge in [-0.15, -0.1) is 0 Å². The Labute approximate surface area is 136 Å². The van der Waals surface area contributed by atoms with Gasteiger partial charge >= 0.3 is 0 Å². The molecule has 0 aliphatic heterocycles. The number of oxazole rings is 1. The van der Waals surface area contributed by atoms with Crippen molar-refractivity contribution in [2.75, 3.05) is 12.8 Å². The molecule has 124 valence electrons. The zero-order valence-electron chi connectivity index (χ0n) is 13.4. The van der Waals surface area contributed by atoms with Gasteiger partial charge in [-0.1, -0.05) is 30.3 Å². The maximum atomic E-state index is 12.1. The van der Waals surface area contributed by atoms with E-state index in [2.05, 4.69) is 4.98 Å². The van der Waals surface area contributed by atoms with Crippen LogP contribution in [-0.2, 0) is 20.4 Å². The SMILES string of the molecule is CC(C)N(C)C(=O)CS(=O)(=O)Cc1ncc(-c2ccccc2)o1. The molecular formula is C16H20N2O4S. The zero-order valence-corrected chi connectivity index (χ0v) is 14.2. The first-order chi connectivity index (χ1) is 10.8. The third-order valence-corrected chi connectivity index (χ3v) is 4.84. The summed E-state index contributed by atoms with van der Waals surface area (Å²) in [4.78, 5) is 17.3. The van der Waals surface area contributed by atoms with Crippen LogP contribution in [0.1, 0.15) is 19.7 Å². The molecule has 2 aromatic rings. The predicted octanol–water partition coefficient (Wildman–Crippen LogP) is 2.12. The van der Waals surface area contributed by atoms with Crippen LogP contribution in [0.3, 0.4) is 0 Å². The summed E-state index contributed by atoms with van der Waals surface area (Å²) < 4.78 is 29.8. The van der Waals surface area contributed by atoms with Crippen LogP contribution in [0.25, 0.3) is 11.3 Å². The number of carbonyl (C=O) groups is 1. The van der Waals surface area contributed by atoms with Gasteiger partial charge < -0.3 is 9.32 Å². The molecule has 1 aromatic carbocycles. The Morgan fingerprint density at radius 2 is 1.91 bits per heavy atom. The lowest BCUT2D eigenvalue weighted by Gasteiger charge is -2.21. The molecule has 0 aliphatic rings. The quantitative estimate of drug-likeness (QED) is 0.807. The van der Waals surface area contributed by atoms with Gasteiger partial charge in [0.1, 0.15) is 11.5 Å². The van der Waals surface area contributed by atoms with E-state index < -0.39 is 27.3 Å². The minimum absolute atomic E-state index is 0.0517. The van der Waals surface area contributed by atoms with Crippen LogP contribution < -0.4 is 0 Å². The lowest BCUT2D eigenvalue weighted by atomic mass is 10.2. The molecule has 0 spiro atoms. The van der Waals surface area contributed by atoms with Gasteiger partial charge in [-0.3, -0.25) is 4.79 Å². The van der Waals surface area contributed by atoms with Gasteiger partial charge in [-0.05, 0) is 13.8 Å². The molecule has 0 fully saturated rings. The summed E-state index contributed by atoms with van der Waals surface area (Å²) in [5, 5.41) is 0. The van der Waals surface area contributed by atoms with Crippen molar-refractivity contribution in [1.29, 1.82) is 0 Å². The van der Waals surface area contributed by atoms with E-state index in [1.165, 1.54) is 11.1 Å². The predicted molar refractivity (Wildman–Crippen MR) is 87.3 cm³/mol. The summed E-state index contributed by atoms with van der Waals surface area (Å²) in [6.45, 7) is 3.65. The second kappa shape index (κ2) is 6.95. The van der Waals surface area contributed by atoms with E-state index in [0.29, 0.717) is 5.76 Å². The number of aromatic nitrogens is 1. The van der Waals surface area contributed by atoms with Crippen molar-refractivity contribution in [1.82, 2.24) is 9.88 Å². The monoisotopic (exact) mass is 336 g/mol. The van der Waals surface area contributed by atoms with Crippen molar-refractivity contribution in [2.24, 2.45) is 0 Å². The number of carbonyl (C=O) groups excluding carboxylic acids is 1. The summed E-state index contributed by atoms with van der Waals surface area (Å²) in [5.41, 5.74) is 0.819. The standard InChI is InChI=1S/C16H20N2O4S/c1-12(2)18(3)16(19)11-23(20,21)10-15-17-9-14(22-15)13-7-5-4-6-8-13/h4-9,12H,10-11H2,1-3H3. The van der Waals surface area contributed by atoms with Crippen LogP contribution in [0.4, 0.5) is 0 Å². The van der Waals surface area contributed by atoms with Crippen LogP contribution in [0, 0.1) is 0 Å². The van der Waals surface area contributed by atoms with Crippen molar-refractivity contribution >= 4 is 15.7 Å². The first-order valence-electron chi connectivity index (χ1n) is 7.25. The van der Waals surface area contributed by atoms with Crippen LogP contribution in [-0.4, -0.2) is 43.1 Å². The molecule has 1 heterocycles. The minimum Gasteiger partial charge on any atom is -0.440 e. The van der Waals surface area contributed by atoms with Gasteiger partial charge in [-0.25, -0.2) is 13.4 Å². The molecule has 0 aliphatic carbocycles. The first kappa shape index (κ1) is 17.2. The molecule has 6 nitrogen and oxygen atoms in total. The van der Waals surface area contributed by atoms with Crippen molar-refractivity contribution in [2.45, 2.75) is 25.6 Å². The molecule has 0 saturated carbocycles. The molecule has 0 unspecified atom stereocenters. The molecule has 0 bridgehead atoms. The molecule has 0 N–H and O–H groups in total. The number of sulfone groups is 1. The highest BCUT2D eigenvalue weighted by Gasteiger charge is 2.23. The highest BCUT2D eigenvalue weighted by molar-refractivity contribution is 7.91. The summed E-state index contributed by atoms with van der Waals surface area (Å²) in [5.74, 6) is -0.789. The van der Waals surface area contributed by atoms with Crippen LogP contribution in [0.2, 0.25) is 0 Å². The molecule has 2 rings (SSSR count). The summed E-state index contributed by atoms with van der Waals surface area (Å²) in [7, 11) is -2.04. The lowest BCUT2D eigenvalue weighted by molar-refractivity contribution is -0.128. The topological polar surface area (TPSA) is 80.5 Å². The van der Waals surface area contributed by atoms with E-state index in [9.17, 15) is 13.2 Å². The molecule has 0 radical (unpaired) electrons. The van der Waals surface area contributed by atoms with Crippen LogP contribution in [0.15, 0.2) is 40.9 Å². The van der Waals surface area contributed by atoms with Crippen molar-refractivity contribution in [3.8, 4) is 11.3 Å². The van der Waals surface area contributed by atoms with Crippen molar-refractivity contribution < 1.29 is 17.6 Å². The number of amides is 1. The second-order valence-electron chi connectivity index (χ2n) is 5.61. The third-order valence-electron chi connectivity index (χ3n) is 3.47. The number of nitrogens with zero attached hydrogens (tertiary/aromatic N) is 2. The Kier molecular flexibility index (Phi) is 5.20. The van der Waals surface area contributed by atoms with E-state index >= 15 is 0 Å². The number of hydrogen-bond donors (Lipinski definition) is 0. The summed E-state index contributed by atoms with van der Waals surface area (Å²) in [6, 6.07) is 9.23. The number of hydrogen-bond acceptors (Lipinski definition) is 5. The Morgan fingerprint density at radius 1 is 1.26 bits per heavy atom. The minimum atomic E-state index is -3.63. The average molecular weight is 336 g/mol. The normalized spacial score (nSPS) is 11.7. The fourth-order valence-corrected chi connectivity index (χ4v) is 3.12. The maximum absolute atomic E-state index is 12.1. The Hall–Kier alpha value is -2.15. The van der Waals surface area contributed by atoms with Crippen molar-refractivity contribution in [3.05, 3.63) is 42.4 Å². The molecule has 1 aromatic heterocycles. The third kappa shape index (κ3) is 4.66. The van der Waals surface area contributed by atoms with Gasteiger partial charge in [-0.2, -0.15) is 0 Å². The van der Waals surface area contributed by atoms with Crippen molar-refractivity contribution in [3.63, 3.8) is 0 Å². The van der Waals surface area contributed by atoms with E-state index in [-0.39, 0.29) is 11.9 Å². The van der Waals surface area contributed by atoms with E-state index in [4.69, 9.17) is 4.42 Å².